The first-order valence-electron chi connectivity index (χ1n) is 8.42. The summed E-state index contributed by atoms with van der Waals surface area (Å²) in [5, 5.41) is 18.3. The number of nitrogens with one attached hydrogen (secondary N) is 1. The first-order chi connectivity index (χ1) is 13.3. The summed E-state index contributed by atoms with van der Waals surface area (Å²) in [6.07, 6.45) is 1.63. The van der Waals surface area contributed by atoms with Crippen LogP contribution in [0.4, 0.5) is 0 Å². The summed E-state index contributed by atoms with van der Waals surface area (Å²) in [4.78, 5) is 13.3. The number of aromatic nitrogens is 4. The molecule has 0 aliphatic heterocycles. The SMILES string of the molecule is O=C(Cn1nnc(-c2ccccc2)n1)N/N=C/c1cccc2ccccc12. The van der Waals surface area contributed by atoms with Gasteiger partial charge in [0, 0.05) is 11.1 Å². The molecule has 0 bridgehead atoms. The highest BCUT2D eigenvalue weighted by Gasteiger charge is 2.08. The Labute approximate surface area is 155 Å². The molecule has 3 aromatic carbocycles. The molecule has 1 amide bonds. The third kappa shape index (κ3) is 3.87. The molecule has 1 N–H and O–H groups in total. The minimum absolute atomic E-state index is 0.0628. The molecule has 0 unspecified atom stereocenters. The molecule has 0 atom stereocenters. The maximum atomic E-state index is 12.1. The molecule has 0 saturated carbocycles. The Morgan fingerprint density at radius 2 is 1.78 bits per heavy atom. The average molecular weight is 356 g/mol. The van der Waals surface area contributed by atoms with Gasteiger partial charge in [-0.25, -0.2) is 5.43 Å². The fourth-order valence-electron chi connectivity index (χ4n) is 2.71. The summed E-state index contributed by atoms with van der Waals surface area (Å²) < 4.78 is 0. The van der Waals surface area contributed by atoms with Crippen molar-refractivity contribution in [3.8, 4) is 11.4 Å². The third-order valence-electron chi connectivity index (χ3n) is 3.99. The van der Waals surface area contributed by atoms with Gasteiger partial charge >= 0.3 is 0 Å². The number of hydrazone groups is 1. The van der Waals surface area contributed by atoms with E-state index in [1.165, 1.54) is 4.80 Å². The van der Waals surface area contributed by atoms with Gasteiger partial charge < -0.3 is 0 Å². The number of fused-ring (bicyclic) bond motifs is 1. The summed E-state index contributed by atoms with van der Waals surface area (Å²) in [5.74, 6) is 0.145. The molecular weight excluding hydrogens is 340 g/mol. The number of hydrogen-bond donors (Lipinski definition) is 1. The number of carbonyl (C=O) groups excluding carboxylic acids is 1. The van der Waals surface area contributed by atoms with Crippen LogP contribution in [-0.4, -0.2) is 32.3 Å². The Morgan fingerprint density at radius 3 is 2.67 bits per heavy atom. The number of tetrazole rings is 1. The van der Waals surface area contributed by atoms with Gasteiger partial charge in [0.1, 0.15) is 6.54 Å². The molecule has 0 aliphatic carbocycles. The Bertz CT molecular complexity index is 1100. The number of benzene rings is 3. The summed E-state index contributed by atoms with van der Waals surface area (Å²) in [6, 6.07) is 23.4. The number of carbonyl (C=O) groups is 1. The van der Waals surface area contributed by atoms with Crippen LogP contribution >= 0.6 is 0 Å². The van der Waals surface area contributed by atoms with Gasteiger partial charge in [-0.3, -0.25) is 4.79 Å². The van der Waals surface area contributed by atoms with Crippen LogP contribution in [0.25, 0.3) is 22.2 Å². The zero-order chi connectivity index (χ0) is 18.5. The molecule has 0 radical (unpaired) electrons. The van der Waals surface area contributed by atoms with Crippen molar-refractivity contribution >= 4 is 22.9 Å². The lowest BCUT2D eigenvalue weighted by Crippen LogP contribution is -2.24. The van der Waals surface area contributed by atoms with E-state index in [2.05, 4.69) is 25.9 Å². The second-order valence-corrected chi connectivity index (χ2v) is 5.87. The fourth-order valence-corrected chi connectivity index (χ4v) is 2.71. The van der Waals surface area contributed by atoms with E-state index < -0.39 is 0 Å². The number of hydrogen-bond acceptors (Lipinski definition) is 5. The van der Waals surface area contributed by atoms with Gasteiger partial charge in [0.25, 0.3) is 5.91 Å². The molecule has 4 aromatic rings. The van der Waals surface area contributed by atoms with E-state index in [4.69, 9.17) is 0 Å². The van der Waals surface area contributed by atoms with Crippen molar-refractivity contribution < 1.29 is 4.79 Å². The van der Waals surface area contributed by atoms with E-state index >= 15 is 0 Å². The molecule has 7 nitrogen and oxygen atoms in total. The molecule has 27 heavy (non-hydrogen) atoms. The molecule has 0 aliphatic rings. The van der Waals surface area contributed by atoms with Crippen LogP contribution in [-0.2, 0) is 11.3 Å². The van der Waals surface area contributed by atoms with Crippen LogP contribution in [0, 0.1) is 0 Å². The lowest BCUT2D eigenvalue weighted by molar-refractivity contribution is -0.122. The molecule has 132 valence electrons. The van der Waals surface area contributed by atoms with Crippen molar-refractivity contribution in [3.05, 3.63) is 78.4 Å². The van der Waals surface area contributed by atoms with Gasteiger partial charge in [-0.1, -0.05) is 72.8 Å². The summed E-state index contributed by atoms with van der Waals surface area (Å²) in [6.45, 7) is -0.0628. The van der Waals surface area contributed by atoms with Gasteiger partial charge in [0.05, 0.1) is 6.21 Å². The normalized spacial score (nSPS) is 11.1. The van der Waals surface area contributed by atoms with Gasteiger partial charge in [-0.05, 0) is 16.0 Å². The zero-order valence-corrected chi connectivity index (χ0v) is 14.4. The number of nitrogens with zero attached hydrogens (tertiary/aromatic N) is 5. The van der Waals surface area contributed by atoms with E-state index in [0.29, 0.717) is 5.82 Å². The Hall–Kier alpha value is -3.87. The average Bonchev–Trinajstić information content (AvgIpc) is 3.17. The molecule has 1 heterocycles. The number of rotatable bonds is 5. The van der Waals surface area contributed by atoms with Crippen LogP contribution in [0.3, 0.4) is 0 Å². The molecule has 4 rings (SSSR count). The lowest BCUT2D eigenvalue weighted by Gasteiger charge is -2.01. The van der Waals surface area contributed by atoms with Crippen molar-refractivity contribution in [3.63, 3.8) is 0 Å². The molecule has 0 spiro atoms. The quantitative estimate of drug-likeness (QED) is 0.440. The van der Waals surface area contributed by atoms with Crippen LogP contribution in [0.15, 0.2) is 77.9 Å². The Kier molecular flexibility index (Phi) is 4.65. The molecule has 0 fully saturated rings. The van der Waals surface area contributed by atoms with Crippen LogP contribution in [0.1, 0.15) is 5.56 Å². The molecular formula is C20H16N6O. The summed E-state index contributed by atoms with van der Waals surface area (Å²) in [7, 11) is 0. The van der Waals surface area contributed by atoms with E-state index in [1.807, 2.05) is 72.8 Å². The fraction of sp³-hybridized carbons (Fsp3) is 0.0500. The zero-order valence-electron chi connectivity index (χ0n) is 14.4. The van der Waals surface area contributed by atoms with Gasteiger partial charge in [-0.2, -0.15) is 9.90 Å². The van der Waals surface area contributed by atoms with Crippen LogP contribution < -0.4 is 5.43 Å². The first-order valence-corrected chi connectivity index (χ1v) is 8.42. The first kappa shape index (κ1) is 16.6. The largest absolute Gasteiger partial charge is 0.271 e. The lowest BCUT2D eigenvalue weighted by atomic mass is 10.1. The van der Waals surface area contributed by atoms with Crippen molar-refractivity contribution in [1.82, 2.24) is 25.6 Å². The van der Waals surface area contributed by atoms with Gasteiger partial charge in [0.2, 0.25) is 5.82 Å². The van der Waals surface area contributed by atoms with E-state index in [-0.39, 0.29) is 12.5 Å². The highest BCUT2D eigenvalue weighted by atomic mass is 16.2. The Morgan fingerprint density at radius 1 is 1.00 bits per heavy atom. The van der Waals surface area contributed by atoms with Gasteiger partial charge in [0.15, 0.2) is 0 Å². The highest BCUT2D eigenvalue weighted by Crippen LogP contribution is 2.16. The number of amides is 1. The molecule has 7 heteroatoms. The van der Waals surface area contributed by atoms with E-state index in [1.54, 1.807) is 6.21 Å². The smallest absolute Gasteiger partial charge is 0.263 e. The van der Waals surface area contributed by atoms with Crippen molar-refractivity contribution in [2.45, 2.75) is 6.54 Å². The van der Waals surface area contributed by atoms with Gasteiger partial charge in [-0.15, -0.1) is 10.2 Å². The second kappa shape index (κ2) is 7.57. The predicted octanol–water partition coefficient (Wildman–Crippen LogP) is 2.64. The maximum absolute atomic E-state index is 12.1. The Balaban J connectivity index is 1.40. The van der Waals surface area contributed by atoms with Crippen LogP contribution in [0.5, 0.6) is 0 Å². The van der Waals surface area contributed by atoms with Crippen molar-refractivity contribution in [2.75, 3.05) is 0 Å². The minimum atomic E-state index is -0.330. The second-order valence-electron chi connectivity index (χ2n) is 5.87. The monoisotopic (exact) mass is 356 g/mol. The van der Waals surface area contributed by atoms with E-state index in [9.17, 15) is 4.79 Å². The molecule has 0 saturated heterocycles. The highest BCUT2D eigenvalue weighted by molar-refractivity contribution is 5.99. The maximum Gasteiger partial charge on any atom is 0.263 e. The minimum Gasteiger partial charge on any atom is -0.271 e. The molecule has 1 aromatic heterocycles. The van der Waals surface area contributed by atoms with Crippen molar-refractivity contribution in [2.24, 2.45) is 5.10 Å². The van der Waals surface area contributed by atoms with Crippen LogP contribution in [0.2, 0.25) is 0 Å². The topological polar surface area (TPSA) is 85.1 Å². The summed E-state index contributed by atoms with van der Waals surface area (Å²) in [5.41, 5.74) is 4.27. The predicted molar refractivity (Wildman–Crippen MR) is 103 cm³/mol. The summed E-state index contributed by atoms with van der Waals surface area (Å²) >= 11 is 0. The van der Waals surface area contributed by atoms with E-state index in [0.717, 1.165) is 21.9 Å². The third-order valence-corrected chi connectivity index (χ3v) is 3.99. The standard InChI is InChI=1S/C20H16N6O/c27-19(14-26-24-20(23-25-26)16-8-2-1-3-9-16)22-21-13-17-11-6-10-15-7-4-5-12-18(15)17/h1-13H,14H2,(H,22,27)/b21-13+. The van der Waals surface area contributed by atoms with Crippen molar-refractivity contribution in [1.29, 1.82) is 0 Å².